The van der Waals surface area contributed by atoms with Gasteiger partial charge in [-0.2, -0.15) is 0 Å². The smallest absolute Gasteiger partial charge is 0.287 e. The molecule has 0 spiro atoms. The molecule has 4 nitrogen and oxygen atoms in total. The monoisotopic (exact) mass is 343 g/mol. The minimum Gasteiger partial charge on any atom is -0.451 e. The Bertz CT molecular complexity index is 857. The number of fused-ring (bicyclic) bond motifs is 1. The molecule has 124 valence electrons. The molecule has 1 heterocycles. The topological polar surface area (TPSA) is 51.5 Å². The first kappa shape index (κ1) is 16.6. The van der Waals surface area contributed by atoms with E-state index in [0.717, 1.165) is 16.5 Å². The molecule has 0 atom stereocenters. The van der Waals surface area contributed by atoms with Crippen LogP contribution in [0.25, 0.3) is 11.0 Å². The molecule has 2 aromatic carbocycles. The van der Waals surface area contributed by atoms with Crippen LogP contribution >= 0.6 is 11.6 Å². The van der Waals surface area contributed by atoms with Gasteiger partial charge in [-0.25, -0.2) is 0 Å². The van der Waals surface area contributed by atoms with Crippen molar-refractivity contribution >= 4 is 28.5 Å². The number of furan rings is 1. The third-order valence-corrected chi connectivity index (χ3v) is 4.12. The van der Waals surface area contributed by atoms with E-state index < -0.39 is 0 Å². The first-order chi connectivity index (χ1) is 11.7. The second kappa shape index (κ2) is 7.51. The summed E-state index contributed by atoms with van der Waals surface area (Å²) in [7, 11) is 0. The molecule has 0 fully saturated rings. The lowest BCUT2D eigenvalue weighted by Crippen LogP contribution is -2.23. The summed E-state index contributed by atoms with van der Waals surface area (Å²) in [5.74, 6) is 0.0116. The number of carbonyl (C=O) groups is 1. The fraction of sp³-hybridized carbons (Fsp3) is 0.211. The molecule has 0 saturated heterocycles. The van der Waals surface area contributed by atoms with E-state index in [1.807, 2.05) is 49.4 Å². The van der Waals surface area contributed by atoms with Gasteiger partial charge in [-0.3, -0.25) is 4.79 Å². The van der Waals surface area contributed by atoms with Crippen LogP contribution in [0, 0.1) is 0 Å². The largest absolute Gasteiger partial charge is 0.451 e. The van der Waals surface area contributed by atoms with Crippen molar-refractivity contribution in [2.45, 2.75) is 20.1 Å². The van der Waals surface area contributed by atoms with Gasteiger partial charge in [0.15, 0.2) is 5.76 Å². The standard InChI is InChI=1S/C19H18ClNO3/c1-2-23-12-15-14-8-4-6-10-17(14)24-18(15)19(22)21-11-13-7-3-5-9-16(13)20/h3-10H,2,11-12H2,1H3,(H,21,22). The van der Waals surface area contributed by atoms with E-state index in [2.05, 4.69) is 5.32 Å². The average Bonchev–Trinajstić information content (AvgIpc) is 2.97. The Morgan fingerprint density at radius 1 is 1.17 bits per heavy atom. The van der Waals surface area contributed by atoms with Crippen LogP contribution in [0.1, 0.15) is 28.6 Å². The molecular formula is C19H18ClNO3. The van der Waals surface area contributed by atoms with Gasteiger partial charge in [0, 0.05) is 29.1 Å². The molecule has 0 unspecified atom stereocenters. The van der Waals surface area contributed by atoms with Gasteiger partial charge in [0.2, 0.25) is 0 Å². The van der Waals surface area contributed by atoms with Gasteiger partial charge in [0.05, 0.1) is 6.61 Å². The fourth-order valence-corrected chi connectivity index (χ4v) is 2.73. The molecule has 3 aromatic rings. The number of rotatable bonds is 6. The lowest BCUT2D eigenvalue weighted by molar-refractivity contribution is 0.0912. The Morgan fingerprint density at radius 2 is 1.92 bits per heavy atom. The van der Waals surface area contributed by atoms with E-state index in [4.69, 9.17) is 20.8 Å². The zero-order chi connectivity index (χ0) is 16.9. The van der Waals surface area contributed by atoms with Crippen molar-refractivity contribution in [1.29, 1.82) is 0 Å². The predicted molar refractivity (Wildman–Crippen MR) is 94.2 cm³/mol. The Labute approximate surface area is 145 Å². The van der Waals surface area contributed by atoms with Gasteiger partial charge in [0.25, 0.3) is 5.91 Å². The summed E-state index contributed by atoms with van der Waals surface area (Å²) >= 11 is 6.12. The fourth-order valence-electron chi connectivity index (χ4n) is 2.53. The molecule has 0 aliphatic carbocycles. The van der Waals surface area contributed by atoms with Crippen molar-refractivity contribution in [3.05, 3.63) is 70.4 Å². The Balaban J connectivity index is 1.84. The number of halogens is 1. The average molecular weight is 344 g/mol. The van der Waals surface area contributed by atoms with Crippen LogP contribution in [0.3, 0.4) is 0 Å². The minimum absolute atomic E-state index is 0.277. The van der Waals surface area contributed by atoms with Crippen molar-refractivity contribution in [2.24, 2.45) is 0 Å². The quantitative estimate of drug-likeness (QED) is 0.714. The van der Waals surface area contributed by atoms with Crippen LogP contribution in [-0.4, -0.2) is 12.5 Å². The molecule has 0 aliphatic heterocycles. The van der Waals surface area contributed by atoms with Gasteiger partial charge in [-0.1, -0.05) is 48.0 Å². The van der Waals surface area contributed by atoms with Gasteiger partial charge in [-0.05, 0) is 24.6 Å². The number of amides is 1. The molecule has 5 heteroatoms. The van der Waals surface area contributed by atoms with Gasteiger partial charge in [0.1, 0.15) is 5.58 Å². The van der Waals surface area contributed by atoms with Crippen molar-refractivity contribution < 1.29 is 13.9 Å². The zero-order valence-corrected chi connectivity index (χ0v) is 14.1. The molecule has 1 aromatic heterocycles. The number of nitrogens with one attached hydrogen (secondary N) is 1. The van der Waals surface area contributed by atoms with Gasteiger partial charge < -0.3 is 14.5 Å². The van der Waals surface area contributed by atoms with E-state index >= 15 is 0 Å². The molecule has 0 aliphatic rings. The zero-order valence-electron chi connectivity index (χ0n) is 13.3. The SMILES string of the molecule is CCOCc1c(C(=O)NCc2ccccc2Cl)oc2ccccc12. The summed E-state index contributed by atoms with van der Waals surface area (Å²) in [5, 5.41) is 4.38. The van der Waals surface area contributed by atoms with E-state index in [0.29, 0.717) is 30.4 Å². The number of hydrogen-bond acceptors (Lipinski definition) is 3. The summed E-state index contributed by atoms with van der Waals surface area (Å²) < 4.78 is 11.2. The summed E-state index contributed by atoms with van der Waals surface area (Å²) in [4.78, 5) is 12.6. The van der Waals surface area contributed by atoms with Crippen LogP contribution in [0.2, 0.25) is 5.02 Å². The lowest BCUT2D eigenvalue weighted by Gasteiger charge is -2.07. The maximum atomic E-state index is 12.6. The number of carbonyl (C=O) groups excluding carboxylic acids is 1. The number of benzene rings is 2. The summed E-state index contributed by atoms with van der Waals surface area (Å²) in [5.41, 5.74) is 2.30. The van der Waals surface area contributed by atoms with Crippen LogP contribution in [-0.2, 0) is 17.9 Å². The summed E-state index contributed by atoms with van der Waals surface area (Å²) in [6.45, 7) is 3.16. The molecule has 0 radical (unpaired) electrons. The summed E-state index contributed by atoms with van der Waals surface area (Å²) in [6.07, 6.45) is 0. The van der Waals surface area contributed by atoms with Gasteiger partial charge >= 0.3 is 0 Å². The second-order valence-corrected chi connectivity index (χ2v) is 5.72. The Morgan fingerprint density at radius 3 is 2.71 bits per heavy atom. The van der Waals surface area contributed by atoms with Crippen molar-refractivity contribution in [3.8, 4) is 0 Å². The van der Waals surface area contributed by atoms with Crippen LogP contribution in [0.15, 0.2) is 52.9 Å². The highest BCUT2D eigenvalue weighted by molar-refractivity contribution is 6.31. The highest BCUT2D eigenvalue weighted by Crippen LogP contribution is 2.27. The van der Waals surface area contributed by atoms with E-state index in [1.54, 1.807) is 6.07 Å². The van der Waals surface area contributed by atoms with E-state index in [9.17, 15) is 4.79 Å². The molecular weight excluding hydrogens is 326 g/mol. The minimum atomic E-state index is -0.277. The van der Waals surface area contributed by atoms with Crippen LogP contribution in [0.4, 0.5) is 0 Å². The normalized spacial score (nSPS) is 10.9. The Kier molecular flexibility index (Phi) is 5.18. The van der Waals surface area contributed by atoms with Gasteiger partial charge in [-0.15, -0.1) is 0 Å². The molecule has 24 heavy (non-hydrogen) atoms. The first-order valence-electron chi connectivity index (χ1n) is 7.80. The highest BCUT2D eigenvalue weighted by atomic mass is 35.5. The first-order valence-corrected chi connectivity index (χ1v) is 8.18. The molecule has 0 saturated carbocycles. The highest BCUT2D eigenvalue weighted by Gasteiger charge is 2.20. The third kappa shape index (κ3) is 3.45. The number of para-hydroxylation sites is 1. The predicted octanol–water partition coefficient (Wildman–Crippen LogP) is 4.55. The molecule has 1 N–H and O–H groups in total. The molecule has 0 bridgehead atoms. The number of hydrogen-bond donors (Lipinski definition) is 1. The Hall–Kier alpha value is -2.30. The molecule has 1 amide bonds. The van der Waals surface area contributed by atoms with Crippen molar-refractivity contribution in [1.82, 2.24) is 5.32 Å². The van der Waals surface area contributed by atoms with Crippen molar-refractivity contribution in [3.63, 3.8) is 0 Å². The van der Waals surface area contributed by atoms with Crippen molar-refractivity contribution in [2.75, 3.05) is 6.61 Å². The third-order valence-electron chi connectivity index (χ3n) is 3.75. The number of ether oxygens (including phenoxy) is 1. The van der Waals surface area contributed by atoms with Crippen LogP contribution in [0.5, 0.6) is 0 Å². The van der Waals surface area contributed by atoms with E-state index in [-0.39, 0.29) is 11.7 Å². The maximum Gasteiger partial charge on any atom is 0.287 e. The second-order valence-electron chi connectivity index (χ2n) is 5.32. The maximum absolute atomic E-state index is 12.6. The summed E-state index contributed by atoms with van der Waals surface area (Å²) in [6, 6.07) is 15.0. The molecule has 3 rings (SSSR count). The van der Waals surface area contributed by atoms with E-state index in [1.165, 1.54) is 0 Å². The van der Waals surface area contributed by atoms with Crippen LogP contribution < -0.4 is 5.32 Å². The lowest BCUT2D eigenvalue weighted by atomic mass is 10.1.